The van der Waals surface area contributed by atoms with Crippen LogP contribution < -0.4 is 11.1 Å². The minimum absolute atomic E-state index is 0.341. The quantitative estimate of drug-likeness (QED) is 0.812. The van der Waals surface area contributed by atoms with Gasteiger partial charge in [-0.05, 0) is 32.9 Å². The van der Waals surface area contributed by atoms with Crippen LogP contribution in [-0.2, 0) is 0 Å². The van der Waals surface area contributed by atoms with E-state index >= 15 is 0 Å². The molecule has 2 rings (SSSR count). The summed E-state index contributed by atoms with van der Waals surface area (Å²) in [5, 5.41) is 3.29. The zero-order valence-electron chi connectivity index (χ0n) is 10.9. The van der Waals surface area contributed by atoms with E-state index in [9.17, 15) is 0 Å². The summed E-state index contributed by atoms with van der Waals surface area (Å²) >= 11 is 0. The van der Waals surface area contributed by atoms with Crippen molar-refractivity contribution in [3.63, 3.8) is 0 Å². The molecule has 0 aliphatic carbocycles. The highest BCUT2D eigenvalue weighted by Crippen LogP contribution is 2.20. The van der Waals surface area contributed by atoms with Crippen LogP contribution in [0.3, 0.4) is 0 Å². The Morgan fingerprint density at radius 2 is 1.94 bits per heavy atom. The highest BCUT2D eigenvalue weighted by molar-refractivity contribution is 5.62. The van der Waals surface area contributed by atoms with Crippen LogP contribution in [-0.4, -0.2) is 16.0 Å². The molecule has 0 radical (unpaired) electrons. The molecule has 0 atom stereocenters. The topological polar surface area (TPSA) is 63.8 Å². The Labute approximate surface area is 107 Å². The molecule has 4 nitrogen and oxygen atoms in total. The van der Waals surface area contributed by atoms with Crippen LogP contribution in [0.1, 0.15) is 19.5 Å². The van der Waals surface area contributed by atoms with Gasteiger partial charge in [-0.25, -0.2) is 9.97 Å². The normalized spacial score (nSPS) is 10.7. The molecule has 94 valence electrons. The van der Waals surface area contributed by atoms with Crippen molar-refractivity contribution in [1.29, 1.82) is 0 Å². The minimum Gasteiger partial charge on any atom is -0.399 e. The summed E-state index contributed by atoms with van der Waals surface area (Å²) in [4.78, 5) is 8.95. The molecule has 4 heteroatoms. The third-order valence-electron chi connectivity index (χ3n) is 2.44. The van der Waals surface area contributed by atoms with Crippen molar-refractivity contribution in [1.82, 2.24) is 9.97 Å². The van der Waals surface area contributed by atoms with Crippen molar-refractivity contribution < 1.29 is 0 Å². The van der Waals surface area contributed by atoms with Crippen LogP contribution in [0, 0.1) is 6.92 Å². The number of hydrogen-bond acceptors (Lipinski definition) is 4. The molecule has 0 amide bonds. The summed E-state index contributed by atoms with van der Waals surface area (Å²) in [6.45, 7) is 6.12. The molecule has 0 aliphatic rings. The lowest BCUT2D eigenvalue weighted by Gasteiger charge is -2.11. The fourth-order valence-electron chi connectivity index (χ4n) is 1.75. The highest BCUT2D eigenvalue weighted by atomic mass is 15.0. The molecule has 0 aliphatic heterocycles. The average Bonchev–Trinajstić information content (AvgIpc) is 2.27. The van der Waals surface area contributed by atoms with E-state index in [4.69, 9.17) is 5.73 Å². The molecule has 0 fully saturated rings. The van der Waals surface area contributed by atoms with Crippen LogP contribution in [0.15, 0.2) is 30.3 Å². The van der Waals surface area contributed by atoms with E-state index in [1.165, 1.54) is 0 Å². The van der Waals surface area contributed by atoms with Crippen LogP contribution in [0.2, 0.25) is 0 Å². The van der Waals surface area contributed by atoms with Gasteiger partial charge in [0.05, 0.1) is 0 Å². The van der Waals surface area contributed by atoms with Crippen molar-refractivity contribution in [2.45, 2.75) is 26.8 Å². The van der Waals surface area contributed by atoms with Crippen LogP contribution in [0.5, 0.6) is 0 Å². The number of nitrogens with one attached hydrogen (secondary N) is 1. The molecular formula is C14H18N4. The van der Waals surface area contributed by atoms with Gasteiger partial charge in [-0.2, -0.15) is 0 Å². The Bertz CT molecular complexity index is 549. The van der Waals surface area contributed by atoms with Crippen molar-refractivity contribution in [3.05, 3.63) is 36.0 Å². The monoisotopic (exact) mass is 242 g/mol. The number of anilines is 2. The molecule has 1 aromatic heterocycles. The smallest absolute Gasteiger partial charge is 0.161 e. The Balaban J connectivity index is 2.41. The summed E-state index contributed by atoms with van der Waals surface area (Å²) in [5.41, 5.74) is 8.37. The van der Waals surface area contributed by atoms with E-state index in [0.29, 0.717) is 11.9 Å². The number of nitrogens with zero attached hydrogens (tertiary/aromatic N) is 2. The zero-order valence-corrected chi connectivity index (χ0v) is 10.9. The molecule has 0 bridgehead atoms. The van der Waals surface area contributed by atoms with Crippen molar-refractivity contribution in [2.24, 2.45) is 0 Å². The Kier molecular flexibility index (Phi) is 3.46. The second-order valence-electron chi connectivity index (χ2n) is 4.64. The van der Waals surface area contributed by atoms with Crippen LogP contribution in [0.25, 0.3) is 11.4 Å². The van der Waals surface area contributed by atoms with Gasteiger partial charge in [-0.15, -0.1) is 0 Å². The lowest BCUT2D eigenvalue weighted by molar-refractivity contribution is 0.885. The van der Waals surface area contributed by atoms with E-state index < -0.39 is 0 Å². The van der Waals surface area contributed by atoms with Crippen molar-refractivity contribution >= 4 is 11.5 Å². The molecule has 1 heterocycles. The number of benzene rings is 1. The van der Waals surface area contributed by atoms with Gasteiger partial charge in [0.1, 0.15) is 5.82 Å². The molecule has 0 saturated heterocycles. The first-order valence-corrected chi connectivity index (χ1v) is 6.03. The molecule has 18 heavy (non-hydrogen) atoms. The molecule has 1 aromatic carbocycles. The lowest BCUT2D eigenvalue weighted by Crippen LogP contribution is -2.12. The number of rotatable bonds is 3. The Hall–Kier alpha value is -2.10. The number of aromatic nitrogens is 2. The molecule has 0 spiro atoms. The predicted octanol–water partition coefficient (Wildman–Crippen LogP) is 2.85. The largest absolute Gasteiger partial charge is 0.399 e. The number of nitrogen functional groups attached to an aromatic ring is 1. The molecule has 0 unspecified atom stereocenters. The number of hydrogen-bond donors (Lipinski definition) is 2. The minimum atomic E-state index is 0.341. The van der Waals surface area contributed by atoms with Gasteiger partial charge >= 0.3 is 0 Å². The van der Waals surface area contributed by atoms with Crippen LogP contribution in [0.4, 0.5) is 11.5 Å². The maximum absolute atomic E-state index is 5.78. The van der Waals surface area contributed by atoms with E-state index in [0.717, 1.165) is 22.8 Å². The Morgan fingerprint density at radius 3 is 2.61 bits per heavy atom. The zero-order chi connectivity index (χ0) is 13.1. The van der Waals surface area contributed by atoms with Gasteiger partial charge in [0.2, 0.25) is 0 Å². The molecule has 2 aromatic rings. The highest BCUT2D eigenvalue weighted by Gasteiger charge is 2.06. The summed E-state index contributed by atoms with van der Waals surface area (Å²) in [6.07, 6.45) is 0. The SMILES string of the molecule is Cc1cc(NC(C)C)nc(-c2cccc(N)c2)n1. The standard InChI is InChI=1S/C14H18N4/c1-9(2)16-13-7-10(3)17-14(18-13)11-5-4-6-12(15)8-11/h4-9H,15H2,1-3H3,(H,16,17,18). The van der Waals surface area contributed by atoms with Gasteiger partial charge in [0, 0.05) is 29.1 Å². The average molecular weight is 242 g/mol. The van der Waals surface area contributed by atoms with E-state index in [2.05, 4.69) is 29.1 Å². The summed E-state index contributed by atoms with van der Waals surface area (Å²) < 4.78 is 0. The van der Waals surface area contributed by atoms with Crippen LogP contribution >= 0.6 is 0 Å². The maximum Gasteiger partial charge on any atom is 0.161 e. The molecular weight excluding hydrogens is 224 g/mol. The predicted molar refractivity (Wildman–Crippen MR) is 75.4 cm³/mol. The van der Waals surface area contributed by atoms with Gasteiger partial charge < -0.3 is 11.1 Å². The van der Waals surface area contributed by atoms with E-state index in [1.807, 2.05) is 37.3 Å². The summed E-state index contributed by atoms with van der Waals surface area (Å²) in [7, 11) is 0. The summed E-state index contributed by atoms with van der Waals surface area (Å²) in [6, 6.07) is 9.89. The molecule has 0 saturated carbocycles. The van der Waals surface area contributed by atoms with E-state index in [-0.39, 0.29) is 0 Å². The molecule has 3 N–H and O–H groups in total. The third-order valence-corrected chi connectivity index (χ3v) is 2.44. The summed E-state index contributed by atoms with van der Waals surface area (Å²) in [5.74, 6) is 1.54. The van der Waals surface area contributed by atoms with E-state index in [1.54, 1.807) is 0 Å². The maximum atomic E-state index is 5.78. The van der Waals surface area contributed by atoms with Gasteiger partial charge in [0.15, 0.2) is 5.82 Å². The third kappa shape index (κ3) is 2.97. The number of aryl methyl sites for hydroxylation is 1. The van der Waals surface area contributed by atoms with Gasteiger partial charge in [-0.3, -0.25) is 0 Å². The second-order valence-corrected chi connectivity index (χ2v) is 4.64. The number of nitrogens with two attached hydrogens (primary N) is 1. The second kappa shape index (κ2) is 5.04. The van der Waals surface area contributed by atoms with Gasteiger partial charge in [0.25, 0.3) is 0 Å². The fourth-order valence-corrected chi connectivity index (χ4v) is 1.75. The van der Waals surface area contributed by atoms with Crippen molar-refractivity contribution in [3.8, 4) is 11.4 Å². The first-order valence-electron chi connectivity index (χ1n) is 6.03. The fraction of sp³-hybridized carbons (Fsp3) is 0.286. The van der Waals surface area contributed by atoms with Gasteiger partial charge in [-0.1, -0.05) is 12.1 Å². The first kappa shape index (κ1) is 12.4. The van der Waals surface area contributed by atoms with Crippen molar-refractivity contribution in [2.75, 3.05) is 11.1 Å². The Morgan fingerprint density at radius 1 is 1.17 bits per heavy atom. The first-order chi connectivity index (χ1) is 8.54. The lowest BCUT2D eigenvalue weighted by atomic mass is 10.2.